The van der Waals surface area contributed by atoms with Crippen molar-refractivity contribution in [2.45, 2.75) is 45.1 Å². The van der Waals surface area contributed by atoms with Crippen molar-refractivity contribution in [1.29, 1.82) is 0 Å². The second-order valence-electron chi connectivity index (χ2n) is 3.84. The summed E-state index contributed by atoms with van der Waals surface area (Å²) in [7, 11) is 0. The van der Waals surface area contributed by atoms with Gasteiger partial charge in [0.15, 0.2) is 0 Å². The summed E-state index contributed by atoms with van der Waals surface area (Å²) < 4.78 is 0. The van der Waals surface area contributed by atoms with Crippen LogP contribution in [0.5, 0.6) is 0 Å². The molecule has 0 heterocycles. The fourth-order valence-corrected chi connectivity index (χ4v) is 2.59. The van der Waals surface area contributed by atoms with Crippen LogP contribution in [0, 0.1) is 5.92 Å². The Morgan fingerprint density at radius 2 is 2.25 bits per heavy atom. The van der Waals surface area contributed by atoms with E-state index >= 15 is 0 Å². The molecular weight excluding hydrogens is 150 g/mol. The molecule has 2 N–H and O–H groups in total. The van der Waals surface area contributed by atoms with Gasteiger partial charge in [0, 0.05) is 5.54 Å². The Hall–Kier alpha value is -0.0800. The molecule has 1 saturated carbocycles. The van der Waals surface area contributed by atoms with E-state index < -0.39 is 0 Å². The topological polar surface area (TPSA) is 32.3 Å². The number of hydrogen-bond donors (Lipinski definition) is 2. The summed E-state index contributed by atoms with van der Waals surface area (Å²) >= 11 is 0. The summed E-state index contributed by atoms with van der Waals surface area (Å²) in [5.41, 5.74) is 0.0590. The van der Waals surface area contributed by atoms with Gasteiger partial charge >= 0.3 is 0 Å². The number of hydrogen-bond acceptors (Lipinski definition) is 2. The minimum atomic E-state index is 0.0590. The maximum atomic E-state index is 9.39. The minimum absolute atomic E-state index is 0.0590. The van der Waals surface area contributed by atoms with Gasteiger partial charge in [0.05, 0.1) is 6.61 Å². The number of likely N-dealkylation sites (N-methyl/N-ethyl adjacent to an activating group) is 1. The molecule has 2 atom stereocenters. The van der Waals surface area contributed by atoms with Gasteiger partial charge in [-0.15, -0.1) is 0 Å². The highest BCUT2D eigenvalue weighted by molar-refractivity contribution is 4.97. The second-order valence-corrected chi connectivity index (χ2v) is 3.84. The summed E-state index contributed by atoms with van der Waals surface area (Å²) in [5, 5.41) is 12.8. The third-order valence-electron chi connectivity index (χ3n) is 3.26. The van der Waals surface area contributed by atoms with Crippen LogP contribution in [0.2, 0.25) is 0 Å². The third-order valence-corrected chi connectivity index (χ3v) is 3.26. The third kappa shape index (κ3) is 1.64. The molecule has 0 aromatic rings. The molecule has 0 aromatic heterocycles. The monoisotopic (exact) mass is 171 g/mol. The van der Waals surface area contributed by atoms with E-state index in [2.05, 4.69) is 19.2 Å². The van der Waals surface area contributed by atoms with Gasteiger partial charge in [0.25, 0.3) is 0 Å². The molecule has 0 aromatic carbocycles. The van der Waals surface area contributed by atoms with E-state index in [1.54, 1.807) is 0 Å². The van der Waals surface area contributed by atoms with Crippen molar-refractivity contribution in [1.82, 2.24) is 5.32 Å². The highest BCUT2D eigenvalue weighted by atomic mass is 16.3. The SMILES string of the molecule is CCNC1(CO)CCCC1CC. The highest BCUT2D eigenvalue weighted by Crippen LogP contribution is 2.37. The van der Waals surface area contributed by atoms with Crippen molar-refractivity contribution in [3.8, 4) is 0 Å². The minimum Gasteiger partial charge on any atom is -0.394 e. The van der Waals surface area contributed by atoms with Crippen molar-refractivity contribution in [2.75, 3.05) is 13.2 Å². The van der Waals surface area contributed by atoms with Crippen molar-refractivity contribution in [3.63, 3.8) is 0 Å². The van der Waals surface area contributed by atoms with Crippen molar-refractivity contribution in [3.05, 3.63) is 0 Å². The van der Waals surface area contributed by atoms with E-state index in [1.165, 1.54) is 19.3 Å². The molecule has 72 valence electrons. The Morgan fingerprint density at radius 1 is 1.50 bits per heavy atom. The first kappa shape index (κ1) is 10.0. The number of aliphatic hydroxyl groups excluding tert-OH is 1. The van der Waals surface area contributed by atoms with E-state index in [-0.39, 0.29) is 5.54 Å². The van der Waals surface area contributed by atoms with E-state index in [1.807, 2.05) is 0 Å². The molecule has 0 saturated heterocycles. The molecule has 0 amide bonds. The van der Waals surface area contributed by atoms with Gasteiger partial charge in [0.2, 0.25) is 0 Å². The summed E-state index contributed by atoms with van der Waals surface area (Å²) in [4.78, 5) is 0. The average Bonchev–Trinajstić information content (AvgIpc) is 2.49. The Morgan fingerprint density at radius 3 is 2.75 bits per heavy atom. The van der Waals surface area contributed by atoms with Gasteiger partial charge in [-0.2, -0.15) is 0 Å². The second kappa shape index (κ2) is 4.24. The van der Waals surface area contributed by atoms with E-state index in [0.717, 1.165) is 13.0 Å². The average molecular weight is 171 g/mol. The quantitative estimate of drug-likeness (QED) is 0.672. The first-order valence-electron chi connectivity index (χ1n) is 5.15. The summed E-state index contributed by atoms with van der Waals surface area (Å²) in [6, 6.07) is 0. The Labute approximate surface area is 75.4 Å². The molecule has 0 spiro atoms. The van der Waals surface area contributed by atoms with E-state index in [0.29, 0.717) is 12.5 Å². The molecule has 1 fully saturated rings. The maximum Gasteiger partial charge on any atom is 0.0616 e. The Kier molecular flexibility index (Phi) is 3.53. The Bertz CT molecular complexity index is 138. The van der Waals surface area contributed by atoms with Gasteiger partial charge in [-0.05, 0) is 25.3 Å². The molecular formula is C10H21NO. The lowest BCUT2D eigenvalue weighted by molar-refractivity contribution is 0.123. The number of nitrogens with one attached hydrogen (secondary N) is 1. The zero-order chi connectivity index (χ0) is 9.03. The number of aliphatic hydroxyl groups is 1. The lowest BCUT2D eigenvalue weighted by atomic mass is 9.86. The molecule has 1 aliphatic carbocycles. The van der Waals surface area contributed by atoms with E-state index in [4.69, 9.17) is 0 Å². The molecule has 12 heavy (non-hydrogen) atoms. The van der Waals surface area contributed by atoms with Crippen molar-refractivity contribution < 1.29 is 5.11 Å². The summed E-state index contributed by atoms with van der Waals surface area (Å²) in [6.45, 7) is 5.61. The largest absolute Gasteiger partial charge is 0.394 e. The van der Waals surface area contributed by atoms with E-state index in [9.17, 15) is 5.11 Å². The Balaban J connectivity index is 2.61. The van der Waals surface area contributed by atoms with Crippen LogP contribution in [0.25, 0.3) is 0 Å². The molecule has 1 rings (SSSR count). The molecule has 2 nitrogen and oxygen atoms in total. The van der Waals surface area contributed by atoms with Crippen LogP contribution < -0.4 is 5.32 Å². The van der Waals surface area contributed by atoms with Crippen LogP contribution >= 0.6 is 0 Å². The van der Waals surface area contributed by atoms with Crippen LogP contribution in [0.4, 0.5) is 0 Å². The van der Waals surface area contributed by atoms with Crippen LogP contribution in [-0.4, -0.2) is 23.8 Å². The smallest absolute Gasteiger partial charge is 0.0616 e. The molecule has 0 bridgehead atoms. The van der Waals surface area contributed by atoms with Crippen LogP contribution in [0.1, 0.15) is 39.5 Å². The first-order valence-corrected chi connectivity index (χ1v) is 5.15. The predicted molar refractivity (Wildman–Crippen MR) is 51.1 cm³/mol. The fourth-order valence-electron chi connectivity index (χ4n) is 2.59. The van der Waals surface area contributed by atoms with Crippen molar-refractivity contribution >= 4 is 0 Å². The van der Waals surface area contributed by atoms with Crippen LogP contribution in [0.15, 0.2) is 0 Å². The van der Waals surface area contributed by atoms with Gasteiger partial charge in [-0.1, -0.05) is 26.7 Å². The van der Waals surface area contributed by atoms with Crippen LogP contribution in [-0.2, 0) is 0 Å². The molecule has 2 unspecified atom stereocenters. The summed E-state index contributed by atoms with van der Waals surface area (Å²) in [5.74, 6) is 0.683. The molecule has 0 aliphatic heterocycles. The normalized spacial score (nSPS) is 35.8. The zero-order valence-corrected chi connectivity index (χ0v) is 8.27. The highest BCUT2D eigenvalue weighted by Gasteiger charge is 2.40. The van der Waals surface area contributed by atoms with Gasteiger partial charge in [-0.3, -0.25) is 0 Å². The summed E-state index contributed by atoms with van der Waals surface area (Å²) in [6.07, 6.45) is 4.89. The van der Waals surface area contributed by atoms with Gasteiger partial charge in [-0.25, -0.2) is 0 Å². The first-order chi connectivity index (χ1) is 5.79. The maximum absolute atomic E-state index is 9.39. The predicted octanol–water partition coefficient (Wildman–Crippen LogP) is 1.54. The fraction of sp³-hybridized carbons (Fsp3) is 1.00. The lowest BCUT2D eigenvalue weighted by Gasteiger charge is -2.34. The molecule has 2 heteroatoms. The van der Waals surface area contributed by atoms with Crippen molar-refractivity contribution in [2.24, 2.45) is 5.92 Å². The van der Waals surface area contributed by atoms with Crippen LogP contribution in [0.3, 0.4) is 0 Å². The lowest BCUT2D eigenvalue weighted by Crippen LogP contribution is -2.51. The van der Waals surface area contributed by atoms with Gasteiger partial charge in [0.1, 0.15) is 0 Å². The molecule has 0 radical (unpaired) electrons. The number of rotatable bonds is 4. The molecule has 1 aliphatic rings. The standard InChI is InChI=1S/C10H21NO/c1-3-9-6-5-7-10(9,8-12)11-4-2/h9,11-12H,3-8H2,1-2H3. The zero-order valence-electron chi connectivity index (χ0n) is 8.27. The van der Waals surface area contributed by atoms with Gasteiger partial charge < -0.3 is 10.4 Å².